The minimum Gasteiger partial charge on any atom is -0.350 e. The van der Waals surface area contributed by atoms with Gasteiger partial charge in [0.05, 0.1) is 0 Å². The molecule has 0 spiro atoms. The molecule has 0 unspecified atom stereocenters. The Kier molecular flexibility index (Phi) is 3.16. The van der Waals surface area contributed by atoms with Gasteiger partial charge in [-0.1, -0.05) is 41.9 Å². The predicted octanol–water partition coefficient (Wildman–Crippen LogP) is 3.63. The Labute approximate surface area is 133 Å². The summed E-state index contributed by atoms with van der Waals surface area (Å²) in [5, 5.41) is 4.74. The summed E-state index contributed by atoms with van der Waals surface area (Å²) in [6.07, 6.45) is 0.847. The molecule has 4 rings (SSSR count). The van der Waals surface area contributed by atoms with Crippen LogP contribution in [0.2, 0.25) is 5.02 Å². The molecule has 2 aromatic carbocycles. The maximum atomic E-state index is 12.4. The summed E-state index contributed by atoms with van der Waals surface area (Å²) < 4.78 is 2.10. The fraction of sp³-hybridized carbons (Fsp3) is 0.167. The van der Waals surface area contributed by atoms with Crippen molar-refractivity contribution >= 4 is 28.4 Å². The number of nitrogens with one attached hydrogen (secondary N) is 1. The molecule has 0 saturated heterocycles. The number of hydrogen-bond donors (Lipinski definition) is 1. The largest absolute Gasteiger partial charge is 0.350 e. The lowest BCUT2D eigenvalue weighted by Gasteiger charge is -2.16. The number of rotatable bonds is 2. The van der Waals surface area contributed by atoms with Crippen LogP contribution in [0.15, 0.2) is 48.5 Å². The number of benzene rings is 2. The van der Waals surface area contributed by atoms with Gasteiger partial charge in [0.25, 0.3) is 5.91 Å². The Hall–Kier alpha value is -2.26. The molecule has 0 fully saturated rings. The summed E-state index contributed by atoms with van der Waals surface area (Å²) in [6.45, 7) is 1.37. The van der Waals surface area contributed by atoms with Crippen molar-refractivity contribution in [3.63, 3.8) is 0 Å². The molecule has 0 radical (unpaired) electrons. The van der Waals surface area contributed by atoms with Crippen molar-refractivity contribution in [2.75, 3.05) is 6.54 Å². The molecule has 110 valence electrons. The number of carbonyl (C=O) groups excluding carboxylic acids is 1. The molecule has 0 aliphatic carbocycles. The second-order valence-electron chi connectivity index (χ2n) is 5.57. The van der Waals surface area contributed by atoms with Gasteiger partial charge in [-0.15, -0.1) is 0 Å². The lowest BCUT2D eigenvalue weighted by atomic mass is 10.0. The van der Waals surface area contributed by atoms with Crippen LogP contribution in [-0.2, 0) is 13.0 Å². The van der Waals surface area contributed by atoms with E-state index in [0.717, 1.165) is 28.6 Å². The number of aromatic nitrogens is 1. The second kappa shape index (κ2) is 5.18. The molecular formula is C18H15ClN2O. The quantitative estimate of drug-likeness (QED) is 0.770. The smallest absolute Gasteiger partial charge is 0.268 e. The van der Waals surface area contributed by atoms with Crippen LogP contribution >= 0.6 is 11.6 Å². The van der Waals surface area contributed by atoms with Crippen LogP contribution in [0.25, 0.3) is 10.9 Å². The summed E-state index contributed by atoms with van der Waals surface area (Å²) in [4.78, 5) is 12.4. The maximum absolute atomic E-state index is 12.4. The van der Waals surface area contributed by atoms with E-state index in [9.17, 15) is 4.79 Å². The van der Waals surface area contributed by atoms with E-state index in [2.05, 4.69) is 22.0 Å². The maximum Gasteiger partial charge on any atom is 0.268 e. The van der Waals surface area contributed by atoms with Crippen molar-refractivity contribution < 1.29 is 4.79 Å². The Morgan fingerprint density at radius 1 is 1.14 bits per heavy atom. The molecule has 0 saturated carbocycles. The normalized spacial score (nSPS) is 14.0. The third-order valence-corrected chi connectivity index (χ3v) is 4.42. The Bertz CT molecular complexity index is 868. The van der Waals surface area contributed by atoms with Crippen LogP contribution in [0.5, 0.6) is 0 Å². The zero-order valence-corrected chi connectivity index (χ0v) is 12.7. The number of halogens is 1. The van der Waals surface area contributed by atoms with Gasteiger partial charge in [-0.05, 0) is 35.7 Å². The highest BCUT2D eigenvalue weighted by Crippen LogP contribution is 2.31. The van der Waals surface area contributed by atoms with E-state index >= 15 is 0 Å². The Balaban J connectivity index is 1.96. The predicted molar refractivity (Wildman–Crippen MR) is 88.5 cm³/mol. The molecule has 4 heteroatoms. The van der Waals surface area contributed by atoms with Crippen LogP contribution in [-0.4, -0.2) is 17.0 Å². The Morgan fingerprint density at radius 3 is 2.77 bits per heavy atom. The molecule has 3 aromatic rings. The first-order valence-electron chi connectivity index (χ1n) is 7.37. The highest BCUT2D eigenvalue weighted by atomic mass is 35.5. The summed E-state index contributed by atoms with van der Waals surface area (Å²) in [5.74, 6) is 0.00417. The molecule has 1 aliphatic rings. The van der Waals surface area contributed by atoms with Crippen molar-refractivity contribution in [1.82, 2.24) is 9.88 Å². The number of nitrogens with zero attached hydrogens (tertiary/aromatic N) is 1. The molecule has 22 heavy (non-hydrogen) atoms. The first-order chi connectivity index (χ1) is 10.7. The average molecular weight is 311 g/mol. The number of fused-ring (bicyclic) bond motifs is 3. The first-order valence-corrected chi connectivity index (χ1v) is 7.74. The van der Waals surface area contributed by atoms with E-state index in [0.29, 0.717) is 18.1 Å². The number of carbonyl (C=O) groups is 1. The molecule has 1 aliphatic heterocycles. The fourth-order valence-corrected chi connectivity index (χ4v) is 3.40. The van der Waals surface area contributed by atoms with Gasteiger partial charge in [-0.3, -0.25) is 4.79 Å². The topological polar surface area (TPSA) is 34.0 Å². The van der Waals surface area contributed by atoms with Gasteiger partial charge in [0.15, 0.2) is 0 Å². The minimum atomic E-state index is 0.00417. The van der Waals surface area contributed by atoms with Gasteiger partial charge in [0.2, 0.25) is 0 Å². The highest BCUT2D eigenvalue weighted by Gasteiger charge is 2.25. The lowest BCUT2D eigenvalue weighted by molar-refractivity contribution is 0.0937. The van der Waals surface area contributed by atoms with E-state index in [1.165, 1.54) is 5.56 Å². The number of hydrogen-bond acceptors (Lipinski definition) is 1. The second-order valence-corrected chi connectivity index (χ2v) is 6.00. The van der Waals surface area contributed by atoms with Crippen LogP contribution in [0.4, 0.5) is 0 Å². The molecule has 1 N–H and O–H groups in total. The van der Waals surface area contributed by atoms with Gasteiger partial charge < -0.3 is 9.88 Å². The standard InChI is InChI=1S/C18H15ClN2O/c19-13-6-7-16-15(10-13)14-8-9-20-18(22)17(14)21(16)11-12-4-2-1-3-5-12/h1-7,10H,8-9,11H2,(H,20,22). The van der Waals surface area contributed by atoms with E-state index in [1.807, 2.05) is 36.4 Å². The SMILES string of the molecule is O=C1NCCc2c1n(Cc1ccccc1)c1ccc(Cl)cc21. The van der Waals surface area contributed by atoms with E-state index in [-0.39, 0.29) is 5.91 Å². The Morgan fingerprint density at radius 2 is 1.95 bits per heavy atom. The summed E-state index contributed by atoms with van der Waals surface area (Å²) in [5.41, 5.74) is 4.12. The minimum absolute atomic E-state index is 0.00417. The summed E-state index contributed by atoms with van der Waals surface area (Å²) >= 11 is 6.16. The van der Waals surface area contributed by atoms with Crippen molar-refractivity contribution in [3.05, 3.63) is 70.4 Å². The monoisotopic (exact) mass is 310 g/mol. The van der Waals surface area contributed by atoms with E-state index < -0.39 is 0 Å². The fourth-order valence-electron chi connectivity index (χ4n) is 3.22. The van der Waals surface area contributed by atoms with Crippen LogP contribution < -0.4 is 5.32 Å². The molecule has 1 amide bonds. The molecule has 3 nitrogen and oxygen atoms in total. The molecule has 0 atom stereocenters. The van der Waals surface area contributed by atoms with E-state index in [1.54, 1.807) is 0 Å². The third-order valence-electron chi connectivity index (χ3n) is 4.19. The third kappa shape index (κ3) is 2.09. The highest BCUT2D eigenvalue weighted by molar-refractivity contribution is 6.31. The summed E-state index contributed by atoms with van der Waals surface area (Å²) in [6, 6.07) is 16.1. The van der Waals surface area contributed by atoms with Crippen LogP contribution in [0, 0.1) is 0 Å². The molecule has 1 aromatic heterocycles. The van der Waals surface area contributed by atoms with E-state index in [4.69, 9.17) is 11.6 Å². The van der Waals surface area contributed by atoms with Crippen molar-refractivity contribution in [2.45, 2.75) is 13.0 Å². The van der Waals surface area contributed by atoms with Gasteiger partial charge >= 0.3 is 0 Å². The average Bonchev–Trinajstić information content (AvgIpc) is 2.83. The van der Waals surface area contributed by atoms with Crippen LogP contribution in [0.1, 0.15) is 21.6 Å². The molecular weight excluding hydrogens is 296 g/mol. The van der Waals surface area contributed by atoms with Gasteiger partial charge in [-0.2, -0.15) is 0 Å². The number of amides is 1. The summed E-state index contributed by atoms with van der Waals surface area (Å²) in [7, 11) is 0. The van der Waals surface area contributed by atoms with Gasteiger partial charge in [-0.25, -0.2) is 0 Å². The zero-order chi connectivity index (χ0) is 15.1. The molecule has 2 heterocycles. The van der Waals surface area contributed by atoms with Crippen molar-refractivity contribution in [2.24, 2.45) is 0 Å². The zero-order valence-electron chi connectivity index (χ0n) is 12.0. The molecule has 0 bridgehead atoms. The van der Waals surface area contributed by atoms with Gasteiger partial charge in [0, 0.05) is 29.0 Å². The van der Waals surface area contributed by atoms with Gasteiger partial charge in [0.1, 0.15) is 5.69 Å². The van der Waals surface area contributed by atoms with Crippen molar-refractivity contribution in [3.8, 4) is 0 Å². The van der Waals surface area contributed by atoms with Crippen LogP contribution in [0.3, 0.4) is 0 Å². The first kappa shape index (κ1) is 13.4. The lowest BCUT2D eigenvalue weighted by Crippen LogP contribution is -2.33. The van der Waals surface area contributed by atoms with Crippen molar-refractivity contribution in [1.29, 1.82) is 0 Å².